The summed E-state index contributed by atoms with van der Waals surface area (Å²) in [6.07, 6.45) is -3.21. The standard InChI is InChI=1S/C25H30Cl2F3N3O4S/c1-5-16(3)31-24(35)22(6-2)32(14-17-7-9-18(26)10-8-17)23(34)15-33(38(4,36)37)19-11-12-21(27)20(13-19)25(28,29)30/h7-13,16,22H,5-6,14-15H2,1-4H3,(H,31,35)/t16-,22-/m0/s1. The van der Waals surface area contributed by atoms with Gasteiger partial charge in [0.1, 0.15) is 12.6 Å². The van der Waals surface area contributed by atoms with Crippen molar-refractivity contribution < 1.29 is 31.2 Å². The van der Waals surface area contributed by atoms with Crippen molar-refractivity contribution in [2.24, 2.45) is 0 Å². The van der Waals surface area contributed by atoms with Crippen LogP contribution in [0.5, 0.6) is 0 Å². The predicted octanol–water partition coefficient (Wildman–Crippen LogP) is 5.50. The molecule has 1 N–H and O–H groups in total. The van der Waals surface area contributed by atoms with Crippen LogP contribution < -0.4 is 9.62 Å². The van der Waals surface area contributed by atoms with Gasteiger partial charge in [0.25, 0.3) is 0 Å². The fourth-order valence-corrected chi connectivity index (χ4v) is 4.84. The van der Waals surface area contributed by atoms with E-state index in [4.69, 9.17) is 23.2 Å². The van der Waals surface area contributed by atoms with Gasteiger partial charge in [0.15, 0.2) is 0 Å². The average molecular weight is 596 g/mol. The van der Waals surface area contributed by atoms with Crippen molar-refractivity contribution in [3.8, 4) is 0 Å². The summed E-state index contributed by atoms with van der Waals surface area (Å²) in [6, 6.07) is 7.97. The molecule has 38 heavy (non-hydrogen) atoms. The highest BCUT2D eigenvalue weighted by Gasteiger charge is 2.36. The summed E-state index contributed by atoms with van der Waals surface area (Å²) in [5.74, 6) is -1.21. The van der Waals surface area contributed by atoms with E-state index >= 15 is 0 Å². The Bertz CT molecular complexity index is 1240. The Morgan fingerprint density at radius 2 is 1.63 bits per heavy atom. The van der Waals surface area contributed by atoms with E-state index in [1.807, 2.05) is 6.92 Å². The van der Waals surface area contributed by atoms with Crippen LogP contribution in [0.1, 0.15) is 44.7 Å². The molecule has 0 saturated carbocycles. The molecular weight excluding hydrogens is 566 g/mol. The van der Waals surface area contributed by atoms with Crippen LogP contribution in [0.15, 0.2) is 42.5 Å². The predicted molar refractivity (Wildman–Crippen MR) is 143 cm³/mol. The third-order valence-corrected chi connectivity index (χ3v) is 7.60. The highest BCUT2D eigenvalue weighted by Crippen LogP contribution is 2.37. The topological polar surface area (TPSA) is 86.8 Å². The minimum absolute atomic E-state index is 0.0611. The van der Waals surface area contributed by atoms with Crippen molar-refractivity contribution in [3.05, 3.63) is 63.6 Å². The number of sulfonamides is 1. The fraction of sp³-hybridized carbons (Fsp3) is 0.440. The van der Waals surface area contributed by atoms with E-state index in [0.717, 1.165) is 18.4 Å². The molecule has 7 nitrogen and oxygen atoms in total. The molecule has 0 bridgehead atoms. The zero-order valence-electron chi connectivity index (χ0n) is 21.4. The molecule has 2 atom stereocenters. The monoisotopic (exact) mass is 595 g/mol. The number of alkyl halides is 3. The molecule has 2 rings (SSSR count). The summed E-state index contributed by atoms with van der Waals surface area (Å²) in [4.78, 5) is 27.9. The number of halogens is 5. The summed E-state index contributed by atoms with van der Waals surface area (Å²) in [6.45, 7) is 4.49. The minimum Gasteiger partial charge on any atom is -0.352 e. The van der Waals surface area contributed by atoms with Crippen molar-refractivity contribution in [1.82, 2.24) is 10.2 Å². The number of amides is 2. The van der Waals surface area contributed by atoms with Crippen molar-refractivity contribution in [3.63, 3.8) is 0 Å². The van der Waals surface area contributed by atoms with Gasteiger partial charge in [-0.3, -0.25) is 13.9 Å². The highest BCUT2D eigenvalue weighted by molar-refractivity contribution is 7.92. The van der Waals surface area contributed by atoms with Crippen molar-refractivity contribution in [2.45, 2.75) is 58.4 Å². The van der Waals surface area contributed by atoms with Gasteiger partial charge >= 0.3 is 6.18 Å². The fourth-order valence-electron chi connectivity index (χ4n) is 3.65. The molecule has 0 aromatic heterocycles. The largest absolute Gasteiger partial charge is 0.417 e. The van der Waals surface area contributed by atoms with Gasteiger partial charge in [-0.15, -0.1) is 0 Å². The van der Waals surface area contributed by atoms with Crippen LogP contribution in [0.4, 0.5) is 18.9 Å². The van der Waals surface area contributed by atoms with E-state index in [2.05, 4.69) is 5.32 Å². The van der Waals surface area contributed by atoms with E-state index in [9.17, 15) is 31.2 Å². The van der Waals surface area contributed by atoms with Gasteiger partial charge in [-0.2, -0.15) is 13.2 Å². The minimum atomic E-state index is -4.84. The lowest BCUT2D eigenvalue weighted by atomic mass is 10.1. The molecule has 210 valence electrons. The van der Waals surface area contributed by atoms with Crippen LogP contribution in [0, 0.1) is 0 Å². The first-order valence-corrected chi connectivity index (χ1v) is 14.4. The van der Waals surface area contributed by atoms with Gasteiger partial charge in [0, 0.05) is 17.6 Å². The highest BCUT2D eigenvalue weighted by atomic mass is 35.5. The first-order valence-electron chi connectivity index (χ1n) is 11.8. The Kier molecular flexibility index (Phi) is 10.9. The summed E-state index contributed by atoms with van der Waals surface area (Å²) >= 11 is 11.6. The van der Waals surface area contributed by atoms with E-state index in [1.54, 1.807) is 38.1 Å². The lowest BCUT2D eigenvalue weighted by molar-refractivity contribution is -0.140. The molecule has 0 aliphatic carbocycles. The summed E-state index contributed by atoms with van der Waals surface area (Å²) in [7, 11) is -4.22. The van der Waals surface area contributed by atoms with E-state index in [0.29, 0.717) is 27.4 Å². The van der Waals surface area contributed by atoms with E-state index < -0.39 is 51.2 Å². The number of benzene rings is 2. The Morgan fingerprint density at radius 3 is 2.13 bits per heavy atom. The third kappa shape index (κ3) is 8.51. The van der Waals surface area contributed by atoms with Crippen LogP contribution in [0.2, 0.25) is 10.0 Å². The number of hydrogen-bond donors (Lipinski definition) is 1. The number of rotatable bonds is 11. The first-order chi connectivity index (χ1) is 17.6. The van der Waals surface area contributed by atoms with Gasteiger partial charge in [-0.1, -0.05) is 49.2 Å². The third-order valence-electron chi connectivity index (χ3n) is 5.88. The number of nitrogens with zero attached hydrogens (tertiary/aromatic N) is 2. The number of nitrogens with one attached hydrogen (secondary N) is 1. The van der Waals surface area contributed by atoms with Gasteiger partial charge in [-0.05, 0) is 55.7 Å². The SMILES string of the molecule is CC[C@H](C)NC(=O)[C@H](CC)N(Cc1ccc(Cl)cc1)C(=O)CN(c1ccc(Cl)c(C(F)(F)F)c1)S(C)(=O)=O. The van der Waals surface area contributed by atoms with Crippen LogP contribution >= 0.6 is 23.2 Å². The molecule has 0 fully saturated rings. The Balaban J connectivity index is 2.52. The molecule has 13 heteroatoms. The molecule has 0 saturated heterocycles. The van der Waals surface area contributed by atoms with Crippen LogP contribution in [0.25, 0.3) is 0 Å². The van der Waals surface area contributed by atoms with Gasteiger partial charge in [-0.25, -0.2) is 8.42 Å². The maximum atomic E-state index is 13.6. The lowest BCUT2D eigenvalue weighted by Crippen LogP contribution is -2.53. The summed E-state index contributed by atoms with van der Waals surface area (Å²) in [5, 5.41) is 2.68. The normalized spacial score (nSPS) is 13.5. The molecule has 0 spiro atoms. The second-order valence-electron chi connectivity index (χ2n) is 8.82. The van der Waals surface area contributed by atoms with Crippen molar-refractivity contribution in [2.75, 3.05) is 17.1 Å². The molecule has 0 radical (unpaired) electrons. The molecule has 2 amide bonds. The Morgan fingerprint density at radius 1 is 1.03 bits per heavy atom. The van der Waals surface area contributed by atoms with Crippen LogP contribution in [0.3, 0.4) is 0 Å². The molecule has 0 aliphatic heterocycles. The first kappa shape index (κ1) is 31.7. The van der Waals surface area contributed by atoms with E-state index in [1.165, 1.54) is 4.90 Å². The molecular formula is C25H30Cl2F3N3O4S. The van der Waals surface area contributed by atoms with Gasteiger partial charge in [0.2, 0.25) is 21.8 Å². The van der Waals surface area contributed by atoms with Crippen molar-refractivity contribution in [1.29, 1.82) is 0 Å². The molecule has 0 aliphatic rings. The number of hydrogen-bond acceptors (Lipinski definition) is 4. The smallest absolute Gasteiger partial charge is 0.352 e. The summed E-state index contributed by atoms with van der Waals surface area (Å²) in [5.41, 5.74) is -1.01. The molecule has 0 heterocycles. The van der Waals surface area contributed by atoms with Crippen molar-refractivity contribution >= 4 is 50.7 Å². The Labute approximate surface area is 230 Å². The van der Waals surface area contributed by atoms with Crippen LogP contribution in [-0.4, -0.2) is 50.0 Å². The molecule has 2 aromatic carbocycles. The molecule has 0 unspecified atom stereocenters. The number of carbonyl (C=O) groups excluding carboxylic acids is 2. The van der Waals surface area contributed by atoms with Gasteiger partial charge in [0.05, 0.1) is 22.5 Å². The van der Waals surface area contributed by atoms with Gasteiger partial charge < -0.3 is 10.2 Å². The quantitative estimate of drug-likeness (QED) is 0.371. The second-order valence-corrected chi connectivity index (χ2v) is 11.6. The lowest BCUT2D eigenvalue weighted by Gasteiger charge is -2.33. The molecule has 2 aromatic rings. The maximum absolute atomic E-state index is 13.6. The second kappa shape index (κ2) is 13.0. The zero-order valence-corrected chi connectivity index (χ0v) is 23.7. The Hall–Kier alpha value is -2.50. The average Bonchev–Trinajstić information content (AvgIpc) is 2.82. The maximum Gasteiger partial charge on any atom is 0.417 e. The zero-order chi connectivity index (χ0) is 28.8. The number of carbonyl (C=O) groups is 2. The van der Waals surface area contributed by atoms with E-state index in [-0.39, 0.29) is 24.7 Å². The summed E-state index contributed by atoms with van der Waals surface area (Å²) < 4.78 is 66.2. The van der Waals surface area contributed by atoms with Crippen LogP contribution in [-0.2, 0) is 32.3 Å². The number of anilines is 1.